The lowest BCUT2D eigenvalue weighted by atomic mass is 10.00. The zero-order valence-corrected chi connectivity index (χ0v) is 10.2. The van der Waals surface area contributed by atoms with Crippen LogP contribution in [0.5, 0.6) is 0 Å². The van der Waals surface area contributed by atoms with E-state index < -0.39 is 0 Å². The van der Waals surface area contributed by atoms with Gasteiger partial charge in [-0.15, -0.1) is 0 Å². The highest BCUT2D eigenvalue weighted by Crippen LogP contribution is 2.36. The number of nitrogens with one attached hydrogen (secondary N) is 2. The Balaban J connectivity index is 2.12. The van der Waals surface area contributed by atoms with Gasteiger partial charge in [-0.2, -0.15) is 0 Å². The fraction of sp³-hybridized carbons (Fsp3) is 0.462. The molecule has 1 unspecified atom stereocenters. The molecule has 2 heterocycles. The van der Waals surface area contributed by atoms with Crippen LogP contribution in [0.3, 0.4) is 0 Å². The lowest BCUT2D eigenvalue weighted by Crippen LogP contribution is -2.59. The quantitative estimate of drug-likeness (QED) is 0.701. The minimum absolute atomic E-state index is 0.0571. The second-order valence-corrected chi connectivity index (χ2v) is 4.80. The van der Waals surface area contributed by atoms with Gasteiger partial charge in [-0.1, -0.05) is 6.07 Å². The van der Waals surface area contributed by atoms with Gasteiger partial charge in [0.05, 0.1) is 11.4 Å². The van der Waals surface area contributed by atoms with Crippen LogP contribution in [-0.4, -0.2) is 31.6 Å². The zero-order valence-electron chi connectivity index (χ0n) is 10.2. The van der Waals surface area contributed by atoms with Crippen LogP contribution in [0.2, 0.25) is 0 Å². The number of hydrogen-bond acceptors (Lipinski definition) is 3. The summed E-state index contributed by atoms with van der Waals surface area (Å²) in [6.45, 7) is 6.71. The van der Waals surface area contributed by atoms with Crippen LogP contribution in [0.25, 0.3) is 0 Å². The lowest BCUT2D eigenvalue weighted by Gasteiger charge is -2.42. The normalized spacial score (nSPS) is 22.8. The van der Waals surface area contributed by atoms with E-state index >= 15 is 0 Å². The predicted octanol–water partition coefficient (Wildman–Crippen LogP) is 1.03. The van der Waals surface area contributed by atoms with Gasteiger partial charge in [-0.25, -0.2) is 0 Å². The van der Waals surface area contributed by atoms with Crippen molar-refractivity contribution in [1.29, 1.82) is 0 Å². The number of anilines is 2. The van der Waals surface area contributed by atoms with E-state index in [0.29, 0.717) is 0 Å². The smallest absolute Gasteiger partial charge is 0.248 e. The third-order valence-electron chi connectivity index (χ3n) is 3.82. The molecule has 0 spiro atoms. The van der Waals surface area contributed by atoms with Gasteiger partial charge in [0.1, 0.15) is 6.04 Å². The van der Waals surface area contributed by atoms with Crippen molar-refractivity contribution in [3.63, 3.8) is 0 Å². The SMILES string of the molecule is Cc1ccc2c(c1C)NC(=O)C1CNCCN21. The molecule has 90 valence electrons. The van der Waals surface area contributed by atoms with Crippen LogP contribution in [0.1, 0.15) is 11.1 Å². The number of benzene rings is 1. The van der Waals surface area contributed by atoms with Gasteiger partial charge in [-0.3, -0.25) is 4.79 Å². The van der Waals surface area contributed by atoms with Crippen molar-refractivity contribution < 1.29 is 4.79 Å². The fourth-order valence-corrected chi connectivity index (χ4v) is 2.63. The number of nitrogens with zero attached hydrogens (tertiary/aromatic N) is 1. The summed E-state index contributed by atoms with van der Waals surface area (Å²) in [5.74, 6) is 0.110. The Hall–Kier alpha value is -1.55. The largest absolute Gasteiger partial charge is 0.356 e. The van der Waals surface area contributed by atoms with E-state index in [9.17, 15) is 4.79 Å². The van der Waals surface area contributed by atoms with Crippen LogP contribution in [0, 0.1) is 13.8 Å². The van der Waals surface area contributed by atoms with E-state index in [1.54, 1.807) is 0 Å². The molecule has 0 bridgehead atoms. The maximum Gasteiger partial charge on any atom is 0.248 e. The number of piperazine rings is 1. The van der Waals surface area contributed by atoms with Gasteiger partial charge < -0.3 is 15.5 Å². The first-order valence-electron chi connectivity index (χ1n) is 6.07. The van der Waals surface area contributed by atoms with Crippen molar-refractivity contribution in [2.45, 2.75) is 19.9 Å². The molecule has 2 N–H and O–H groups in total. The molecule has 0 saturated carbocycles. The van der Waals surface area contributed by atoms with Gasteiger partial charge >= 0.3 is 0 Å². The van der Waals surface area contributed by atoms with Crippen LogP contribution < -0.4 is 15.5 Å². The molecule has 1 aromatic rings. The Kier molecular flexibility index (Phi) is 2.33. The predicted molar refractivity (Wildman–Crippen MR) is 68.5 cm³/mol. The number of fused-ring (bicyclic) bond motifs is 3. The molecule has 17 heavy (non-hydrogen) atoms. The van der Waals surface area contributed by atoms with Gasteiger partial charge in [0.15, 0.2) is 0 Å². The van der Waals surface area contributed by atoms with Crippen molar-refractivity contribution in [3.05, 3.63) is 23.3 Å². The number of rotatable bonds is 0. The summed E-state index contributed by atoms with van der Waals surface area (Å²) in [5.41, 5.74) is 4.55. The molecule has 1 aromatic carbocycles. The number of hydrogen-bond donors (Lipinski definition) is 2. The maximum absolute atomic E-state index is 12.1. The third-order valence-corrected chi connectivity index (χ3v) is 3.82. The molecule has 1 saturated heterocycles. The van der Waals surface area contributed by atoms with Gasteiger partial charge in [0, 0.05) is 19.6 Å². The summed E-state index contributed by atoms with van der Waals surface area (Å²) < 4.78 is 0. The minimum Gasteiger partial charge on any atom is -0.356 e. The molecule has 4 heteroatoms. The van der Waals surface area contributed by atoms with Crippen molar-refractivity contribution in [1.82, 2.24) is 5.32 Å². The van der Waals surface area contributed by atoms with Gasteiger partial charge in [0.25, 0.3) is 0 Å². The van der Waals surface area contributed by atoms with E-state index in [-0.39, 0.29) is 11.9 Å². The summed E-state index contributed by atoms with van der Waals surface area (Å²) in [6.07, 6.45) is 0. The second-order valence-electron chi connectivity index (χ2n) is 4.80. The monoisotopic (exact) mass is 231 g/mol. The molecule has 2 aliphatic rings. The Bertz CT molecular complexity index is 484. The molecule has 0 radical (unpaired) electrons. The third kappa shape index (κ3) is 1.52. The molecule has 1 fully saturated rings. The standard InChI is InChI=1S/C13H17N3O/c1-8-3-4-10-12(9(8)2)15-13(17)11-7-14-5-6-16(10)11/h3-4,11,14H,5-7H2,1-2H3,(H,15,17). The van der Waals surface area contributed by atoms with E-state index in [1.165, 1.54) is 16.8 Å². The summed E-state index contributed by atoms with van der Waals surface area (Å²) in [5, 5.41) is 6.32. The van der Waals surface area contributed by atoms with Gasteiger partial charge in [-0.05, 0) is 31.0 Å². The first-order chi connectivity index (χ1) is 8.18. The van der Waals surface area contributed by atoms with Crippen molar-refractivity contribution in [2.24, 2.45) is 0 Å². The number of carbonyl (C=O) groups is 1. The van der Waals surface area contributed by atoms with Crippen molar-refractivity contribution in [2.75, 3.05) is 29.9 Å². The summed E-state index contributed by atoms with van der Waals surface area (Å²) in [4.78, 5) is 14.3. The molecule has 3 rings (SSSR count). The average molecular weight is 231 g/mol. The average Bonchev–Trinajstić information content (AvgIpc) is 2.35. The Morgan fingerprint density at radius 3 is 3.00 bits per heavy atom. The van der Waals surface area contributed by atoms with Crippen molar-refractivity contribution >= 4 is 17.3 Å². The van der Waals surface area contributed by atoms with Crippen LogP contribution in [0.4, 0.5) is 11.4 Å². The molecule has 1 amide bonds. The highest BCUT2D eigenvalue weighted by Gasteiger charge is 2.35. The van der Waals surface area contributed by atoms with Crippen LogP contribution >= 0.6 is 0 Å². The Morgan fingerprint density at radius 2 is 2.18 bits per heavy atom. The summed E-state index contributed by atoms with van der Waals surface area (Å²) in [7, 11) is 0. The molecule has 0 aromatic heterocycles. The maximum atomic E-state index is 12.1. The highest BCUT2D eigenvalue weighted by atomic mass is 16.2. The topological polar surface area (TPSA) is 44.4 Å². The van der Waals surface area contributed by atoms with E-state index in [1.807, 2.05) is 0 Å². The van der Waals surface area contributed by atoms with Crippen LogP contribution in [0.15, 0.2) is 12.1 Å². The summed E-state index contributed by atoms with van der Waals surface area (Å²) in [6, 6.07) is 4.19. The number of amides is 1. The fourth-order valence-electron chi connectivity index (χ4n) is 2.63. The molecule has 1 atom stereocenters. The highest BCUT2D eigenvalue weighted by molar-refractivity contribution is 6.04. The Morgan fingerprint density at radius 1 is 1.35 bits per heavy atom. The van der Waals surface area contributed by atoms with E-state index in [4.69, 9.17) is 0 Å². The Labute approximate surface area is 101 Å². The van der Waals surface area contributed by atoms with Crippen molar-refractivity contribution in [3.8, 4) is 0 Å². The zero-order chi connectivity index (χ0) is 12.0. The van der Waals surface area contributed by atoms with E-state index in [2.05, 4.69) is 41.5 Å². The van der Waals surface area contributed by atoms with Gasteiger partial charge in [0.2, 0.25) is 5.91 Å². The summed E-state index contributed by atoms with van der Waals surface area (Å²) >= 11 is 0. The molecule has 0 aliphatic carbocycles. The molecular weight excluding hydrogens is 214 g/mol. The van der Waals surface area contributed by atoms with E-state index in [0.717, 1.165) is 25.3 Å². The molecule has 2 aliphatic heterocycles. The second kappa shape index (κ2) is 3.74. The molecular formula is C13H17N3O. The number of aryl methyl sites for hydroxylation is 1. The minimum atomic E-state index is -0.0571. The first kappa shape index (κ1) is 10.6. The lowest BCUT2D eigenvalue weighted by molar-refractivity contribution is -0.117. The first-order valence-corrected chi connectivity index (χ1v) is 6.07. The van der Waals surface area contributed by atoms with Crippen LogP contribution in [-0.2, 0) is 4.79 Å². The number of carbonyl (C=O) groups excluding carboxylic acids is 1. The molecule has 4 nitrogen and oxygen atoms in total.